The van der Waals surface area contributed by atoms with Gasteiger partial charge in [0.25, 0.3) is 0 Å². The fourth-order valence-electron chi connectivity index (χ4n) is 2.41. The van der Waals surface area contributed by atoms with E-state index in [9.17, 15) is 12.8 Å². The molecule has 2 rings (SSSR count). The van der Waals surface area contributed by atoms with Crippen LogP contribution in [0.25, 0.3) is 0 Å². The van der Waals surface area contributed by atoms with Gasteiger partial charge >= 0.3 is 0 Å². The lowest BCUT2D eigenvalue weighted by Gasteiger charge is -2.33. The maximum atomic E-state index is 13.7. The summed E-state index contributed by atoms with van der Waals surface area (Å²) in [5.74, 6) is -0.569. The third-order valence-electron chi connectivity index (χ3n) is 3.62. The molecule has 2 N–H and O–H groups in total. The van der Waals surface area contributed by atoms with Crippen molar-refractivity contribution in [3.8, 4) is 0 Å². The smallest absolute Gasteiger partial charge is 0.245 e. The maximum absolute atomic E-state index is 13.7. The van der Waals surface area contributed by atoms with Crippen molar-refractivity contribution >= 4 is 10.0 Å². The number of hydrogen-bond donors (Lipinski definition) is 1. The number of sulfonamides is 1. The second-order valence-electron chi connectivity index (χ2n) is 5.05. The van der Waals surface area contributed by atoms with Crippen molar-refractivity contribution in [1.29, 1.82) is 0 Å². The van der Waals surface area contributed by atoms with E-state index in [0.29, 0.717) is 13.1 Å². The third-order valence-corrected chi connectivity index (χ3v) is 5.52. The second kappa shape index (κ2) is 5.56. The average molecular weight is 286 g/mol. The number of halogens is 1. The molecule has 19 heavy (non-hydrogen) atoms. The predicted molar refractivity (Wildman–Crippen MR) is 71.5 cm³/mol. The first kappa shape index (κ1) is 14.4. The maximum Gasteiger partial charge on any atom is 0.245 e. The Morgan fingerprint density at radius 1 is 1.42 bits per heavy atom. The number of nitrogens with two attached hydrogens (primary N) is 1. The summed E-state index contributed by atoms with van der Waals surface area (Å²) < 4.78 is 39.9. The quantitative estimate of drug-likeness (QED) is 0.917. The van der Waals surface area contributed by atoms with Gasteiger partial charge in [0.05, 0.1) is 0 Å². The van der Waals surface area contributed by atoms with Crippen molar-refractivity contribution in [2.24, 2.45) is 11.7 Å². The third kappa shape index (κ3) is 2.96. The van der Waals surface area contributed by atoms with Gasteiger partial charge in [-0.25, -0.2) is 12.8 Å². The second-order valence-corrected chi connectivity index (χ2v) is 6.96. The van der Waals surface area contributed by atoms with Gasteiger partial charge in [-0.15, -0.1) is 0 Å². The van der Waals surface area contributed by atoms with Gasteiger partial charge in [0, 0.05) is 19.1 Å². The van der Waals surface area contributed by atoms with Crippen molar-refractivity contribution in [1.82, 2.24) is 4.31 Å². The zero-order valence-corrected chi connectivity index (χ0v) is 11.7. The van der Waals surface area contributed by atoms with E-state index in [-0.39, 0.29) is 16.9 Å². The van der Waals surface area contributed by atoms with E-state index in [1.54, 1.807) is 0 Å². The molecule has 106 valence electrons. The van der Waals surface area contributed by atoms with E-state index in [2.05, 4.69) is 0 Å². The standard InChI is InChI=1S/C13H19FN2O2S/c1-10(15)11-5-4-8-16(9-11)19(17,18)13-7-3-2-6-12(13)14/h2-3,6-7,10-11H,4-5,8-9,15H2,1H3. The molecule has 0 bridgehead atoms. The molecule has 0 saturated carbocycles. The molecule has 0 aromatic heterocycles. The van der Waals surface area contributed by atoms with Crippen LogP contribution in [0.2, 0.25) is 0 Å². The van der Waals surface area contributed by atoms with Crippen LogP contribution in [-0.2, 0) is 10.0 Å². The van der Waals surface area contributed by atoms with Crippen molar-refractivity contribution < 1.29 is 12.8 Å². The Bertz CT molecular complexity index is 545. The summed E-state index contributed by atoms with van der Waals surface area (Å²) in [6.45, 7) is 2.68. The van der Waals surface area contributed by atoms with Crippen LogP contribution < -0.4 is 5.73 Å². The molecule has 4 nitrogen and oxygen atoms in total. The minimum absolute atomic E-state index is 0.0568. The Kier molecular flexibility index (Phi) is 4.23. The van der Waals surface area contributed by atoms with Crippen molar-refractivity contribution in [2.45, 2.75) is 30.7 Å². The van der Waals surface area contributed by atoms with Crippen LogP contribution in [0.1, 0.15) is 19.8 Å². The predicted octanol–water partition coefficient (Wildman–Crippen LogP) is 1.57. The van der Waals surface area contributed by atoms with E-state index in [1.807, 2.05) is 6.92 Å². The Hall–Kier alpha value is -0.980. The summed E-state index contributed by atoms with van der Waals surface area (Å²) in [5, 5.41) is 0. The molecule has 0 aliphatic carbocycles. The molecule has 1 saturated heterocycles. The monoisotopic (exact) mass is 286 g/mol. The minimum Gasteiger partial charge on any atom is -0.328 e. The van der Waals surface area contributed by atoms with Gasteiger partial charge in [0.15, 0.2) is 0 Å². The van der Waals surface area contributed by atoms with Gasteiger partial charge in [-0.1, -0.05) is 12.1 Å². The normalized spacial score (nSPS) is 23.2. The molecule has 1 heterocycles. The molecule has 1 aliphatic heterocycles. The topological polar surface area (TPSA) is 63.4 Å². The lowest BCUT2D eigenvalue weighted by Crippen LogP contribution is -2.45. The summed E-state index contributed by atoms with van der Waals surface area (Å²) in [6.07, 6.45) is 1.68. The Morgan fingerprint density at radius 2 is 2.11 bits per heavy atom. The van der Waals surface area contributed by atoms with Gasteiger partial charge in [0.2, 0.25) is 10.0 Å². The highest BCUT2D eigenvalue weighted by atomic mass is 32.2. The summed E-state index contributed by atoms with van der Waals surface area (Å²) in [4.78, 5) is -0.250. The van der Waals surface area contributed by atoms with Crippen LogP contribution in [0.3, 0.4) is 0 Å². The molecular formula is C13H19FN2O2S. The van der Waals surface area contributed by atoms with E-state index < -0.39 is 15.8 Å². The first-order valence-electron chi connectivity index (χ1n) is 6.43. The summed E-state index contributed by atoms with van der Waals surface area (Å²) >= 11 is 0. The van der Waals surface area contributed by atoms with Crippen LogP contribution >= 0.6 is 0 Å². The average Bonchev–Trinajstić information content (AvgIpc) is 2.39. The number of nitrogens with zero attached hydrogens (tertiary/aromatic N) is 1. The zero-order valence-electron chi connectivity index (χ0n) is 10.9. The molecule has 0 spiro atoms. The highest BCUT2D eigenvalue weighted by Crippen LogP contribution is 2.26. The van der Waals surface area contributed by atoms with Gasteiger partial charge in [-0.3, -0.25) is 0 Å². The van der Waals surface area contributed by atoms with Gasteiger partial charge in [0.1, 0.15) is 10.7 Å². The van der Waals surface area contributed by atoms with E-state index in [4.69, 9.17) is 5.73 Å². The van der Waals surface area contributed by atoms with Crippen molar-refractivity contribution in [3.05, 3.63) is 30.1 Å². The van der Waals surface area contributed by atoms with E-state index >= 15 is 0 Å². The lowest BCUT2D eigenvalue weighted by atomic mass is 9.93. The van der Waals surface area contributed by atoms with E-state index in [0.717, 1.165) is 12.8 Å². The van der Waals surface area contributed by atoms with Crippen LogP contribution in [0.15, 0.2) is 29.2 Å². The number of rotatable bonds is 3. The highest BCUT2D eigenvalue weighted by Gasteiger charge is 2.32. The SMILES string of the molecule is CC(N)C1CCCN(S(=O)(=O)c2ccccc2F)C1. The zero-order chi connectivity index (χ0) is 14.0. The van der Waals surface area contributed by atoms with Crippen LogP contribution in [0, 0.1) is 11.7 Å². The molecule has 1 fully saturated rings. The molecule has 1 aromatic rings. The molecule has 2 atom stereocenters. The molecule has 0 radical (unpaired) electrons. The highest BCUT2D eigenvalue weighted by molar-refractivity contribution is 7.89. The van der Waals surface area contributed by atoms with Crippen LogP contribution in [-0.4, -0.2) is 31.9 Å². The lowest BCUT2D eigenvalue weighted by molar-refractivity contribution is 0.242. The number of piperidine rings is 1. The Labute approximate surface area is 113 Å². The van der Waals surface area contributed by atoms with Crippen molar-refractivity contribution in [2.75, 3.05) is 13.1 Å². The molecule has 0 amide bonds. The van der Waals surface area contributed by atoms with Crippen LogP contribution in [0.4, 0.5) is 4.39 Å². The van der Waals surface area contributed by atoms with Crippen LogP contribution in [0.5, 0.6) is 0 Å². The minimum atomic E-state index is -3.76. The van der Waals surface area contributed by atoms with Gasteiger partial charge in [-0.2, -0.15) is 4.31 Å². The molecule has 1 aromatic carbocycles. The fraction of sp³-hybridized carbons (Fsp3) is 0.538. The fourth-order valence-corrected chi connectivity index (χ4v) is 4.01. The Morgan fingerprint density at radius 3 is 2.74 bits per heavy atom. The molecule has 2 unspecified atom stereocenters. The molecule has 1 aliphatic rings. The first-order valence-corrected chi connectivity index (χ1v) is 7.87. The Balaban J connectivity index is 2.28. The van der Waals surface area contributed by atoms with Gasteiger partial charge < -0.3 is 5.73 Å². The molecular weight excluding hydrogens is 267 g/mol. The number of benzene rings is 1. The molecule has 6 heteroatoms. The van der Waals surface area contributed by atoms with E-state index in [1.165, 1.54) is 28.6 Å². The summed E-state index contributed by atoms with van der Waals surface area (Å²) in [6, 6.07) is 5.43. The van der Waals surface area contributed by atoms with Gasteiger partial charge in [-0.05, 0) is 37.8 Å². The van der Waals surface area contributed by atoms with Crippen molar-refractivity contribution in [3.63, 3.8) is 0 Å². The summed E-state index contributed by atoms with van der Waals surface area (Å²) in [5.41, 5.74) is 5.85. The number of hydrogen-bond acceptors (Lipinski definition) is 3. The largest absolute Gasteiger partial charge is 0.328 e. The first-order chi connectivity index (χ1) is 8.93. The summed E-state index contributed by atoms with van der Waals surface area (Å²) in [7, 11) is -3.76.